The molecular formula is C22H29N3O5. The van der Waals surface area contributed by atoms with Crippen molar-refractivity contribution in [3.05, 3.63) is 29.8 Å². The average Bonchev–Trinajstić information content (AvgIpc) is 3.06. The third-order valence-electron chi connectivity index (χ3n) is 5.74. The molecule has 3 rings (SSSR count). The number of nitrogens with zero attached hydrogens (tertiary/aromatic N) is 3. The fourth-order valence-corrected chi connectivity index (χ4v) is 4.00. The minimum Gasteiger partial charge on any atom is -0.452 e. The van der Waals surface area contributed by atoms with Crippen LogP contribution in [0.15, 0.2) is 24.3 Å². The summed E-state index contributed by atoms with van der Waals surface area (Å²) >= 11 is 0. The van der Waals surface area contributed by atoms with Crippen molar-refractivity contribution in [2.45, 2.75) is 52.2 Å². The van der Waals surface area contributed by atoms with E-state index in [0.717, 1.165) is 0 Å². The zero-order valence-electron chi connectivity index (χ0n) is 18.2. The molecule has 2 heterocycles. The van der Waals surface area contributed by atoms with Crippen LogP contribution in [0.25, 0.3) is 0 Å². The van der Waals surface area contributed by atoms with E-state index in [1.54, 1.807) is 31.3 Å². The molecule has 3 amide bonds. The maximum Gasteiger partial charge on any atom is 0.354 e. The highest BCUT2D eigenvalue weighted by Crippen LogP contribution is 2.45. The van der Waals surface area contributed by atoms with E-state index in [1.807, 2.05) is 27.7 Å². The molecule has 1 fully saturated rings. The van der Waals surface area contributed by atoms with Crippen LogP contribution in [-0.2, 0) is 19.1 Å². The van der Waals surface area contributed by atoms with Crippen LogP contribution in [0.2, 0.25) is 0 Å². The second-order valence-corrected chi connectivity index (χ2v) is 8.55. The average molecular weight is 415 g/mol. The first-order chi connectivity index (χ1) is 14.1. The van der Waals surface area contributed by atoms with E-state index in [1.165, 1.54) is 14.7 Å². The van der Waals surface area contributed by atoms with Crippen LogP contribution >= 0.6 is 0 Å². The van der Waals surface area contributed by atoms with Gasteiger partial charge in [-0.05, 0) is 31.9 Å². The number of esters is 1. The summed E-state index contributed by atoms with van der Waals surface area (Å²) < 4.78 is 5.42. The van der Waals surface area contributed by atoms with Gasteiger partial charge in [-0.25, -0.2) is 4.79 Å². The fourth-order valence-electron chi connectivity index (χ4n) is 4.00. The minimum atomic E-state index is -1.57. The van der Waals surface area contributed by atoms with Crippen molar-refractivity contribution < 1.29 is 23.9 Å². The van der Waals surface area contributed by atoms with Crippen LogP contribution in [0.1, 0.15) is 50.9 Å². The smallest absolute Gasteiger partial charge is 0.354 e. The maximum absolute atomic E-state index is 13.4. The first-order valence-corrected chi connectivity index (χ1v) is 10.3. The molecule has 8 nitrogen and oxygen atoms in total. The van der Waals surface area contributed by atoms with Gasteiger partial charge < -0.3 is 14.5 Å². The molecule has 0 bridgehead atoms. The van der Waals surface area contributed by atoms with Gasteiger partial charge in [-0.1, -0.05) is 26.0 Å². The van der Waals surface area contributed by atoms with Crippen molar-refractivity contribution in [1.82, 2.24) is 9.80 Å². The number of benzene rings is 1. The van der Waals surface area contributed by atoms with Gasteiger partial charge in [0.1, 0.15) is 0 Å². The highest BCUT2D eigenvalue weighted by atomic mass is 16.5. The van der Waals surface area contributed by atoms with Gasteiger partial charge in [0.2, 0.25) is 11.6 Å². The number of likely N-dealkylation sites (N-methyl/N-ethyl adjacent to an activating group) is 1. The molecule has 0 spiro atoms. The summed E-state index contributed by atoms with van der Waals surface area (Å²) in [7, 11) is 1.63. The Kier molecular flexibility index (Phi) is 5.87. The second-order valence-electron chi connectivity index (χ2n) is 8.55. The number of carbonyl (C=O) groups excluding carboxylic acids is 4. The SMILES string of the molecule is CC(C)CN1C(=O)c2ccccc2N2C(=O)CCC12C(=O)OCC(=O)N(C)C(C)C. The van der Waals surface area contributed by atoms with Gasteiger partial charge in [0.15, 0.2) is 6.61 Å². The molecule has 1 atom stereocenters. The monoisotopic (exact) mass is 415 g/mol. The summed E-state index contributed by atoms with van der Waals surface area (Å²) in [6, 6.07) is 6.75. The number of hydrogen-bond acceptors (Lipinski definition) is 5. The summed E-state index contributed by atoms with van der Waals surface area (Å²) in [5.41, 5.74) is -0.774. The van der Waals surface area contributed by atoms with E-state index in [4.69, 9.17) is 4.74 Å². The summed E-state index contributed by atoms with van der Waals surface area (Å²) in [5, 5.41) is 0. The van der Waals surface area contributed by atoms with E-state index in [-0.39, 0.29) is 49.1 Å². The minimum absolute atomic E-state index is 0.0421. The quantitative estimate of drug-likeness (QED) is 0.664. The molecule has 0 aliphatic carbocycles. The van der Waals surface area contributed by atoms with Crippen molar-refractivity contribution in [1.29, 1.82) is 0 Å². The van der Waals surface area contributed by atoms with Crippen LogP contribution in [0.5, 0.6) is 0 Å². The Morgan fingerprint density at radius 2 is 1.83 bits per heavy atom. The molecule has 8 heteroatoms. The molecule has 0 radical (unpaired) electrons. The van der Waals surface area contributed by atoms with Crippen LogP contribution in [0.4, 0.5) is 5.69 Å². The van der Waals surface area contributed by atoms with Gasteiger partial charge in [0, 0.05) is 32.5 Å². The van der Waals surface area contributed by atoms with Gasteiger partial charge in [0.25, 0.3) is 11.8 Å². The van der Waals surface area contributed by atoms with E-state index >= 15 is 0 Å². The number of rotatable bonds is 6. The number of hydrogen-bond donors (Lipinski definition) is 0. The van der Waals surface area contributed by atoms with Gasteiger partial charge in [-0.2, -0.15) is 0 Å². The van der Waals surface area contributed by atoms with E-state index < -0.39 is 18.2 Å². The third kappa shape index (κ3) is 3.44. The molecule has 0 N–H and O–H groups in total. The Bertz CT molecular complexity index is 881. The maximum atomic E-state index is 13.4. The Balaban J connectivity index is 2.01. The predicted octanol–water partition coefficient (Wildman–Crippen LogP) is 2.03. The molecule has 30 heavy (non-hydrogen) atoms. The molecule has 2 aliphatic rings. The molecule has 2 aliphatic heterocycles. The number of ether oxygens (including phenoxy) is 1. The Morgan fingerprint density at radius 3 is 2.47 bits per heavy atom. The van der Waals surface area contributed by atoms with E-state index in [2.05, 4.69) is 0 Å². The number of anilines is 1. The van der Waals surface area contributed by atoms with Crippen molar-refractivity contribution >= 4 is 29.4 Å². The van der Waals surface area contributed by atoms with Gasteiger partial charge in [-0.15, -0.1) is 0 Å². The zero-order chi connectivity index (χ0) is 22.2. The van der Waals surface area contributed by atoms with Crippen LogP contribution in [0.3, 0.4) is 0 Å². The fraction of sp³-hybridized carbons (Fsp3) is 0.545. The lowest BCUT2D eigenvalue weighted by atomic mass is 9.95. The Morgan fingerprint density at radius 1 is 1.17 bits per heavy atom. The summed E-state index contributed by atoms with van der Waals surface area (Å²) in [6.07, 6.45) is 0.247. The molecule has 0 aromatic heterocycles. The van der Waals surface area contributed by atoms with E-state index in [0.29, 0.717) is 11.3 Å². The lowest BCUT2D eigenvalue weighted by molar-refractivity contribution is -0.162. The number of fused-ring (bicyclic) bond motifs is 3. The van der Waals surface area contributed by atoms with Gasteiger partial charge >= 0.3 is 5.97 Å². The summed E-state index contributed by atoms with van der Waals surface area (Å²) in [5.74, 6) is -1.58. The molecule has 162 valence electrons. The van der Waals surface area contributed by atoms with Crippen molar-refractivity contribution in [3.63, 3.8) is 0 Å². The zero-order valence-corrected chi connectivity index (χ0v) is 18.2. The first-order valence-electron chi connectivity index (χ1n) is 10.3. The van der Waals surface area contributed by atoms with Crippen LogP contribution in [-0.4, -0.2) is 65.4 Å². The highest BCUT2D eigenvalue weighted by molar-refractivity contribution is 6.15. The largest absolute Gasteiger partial charge is 0.452 e. The predicted molar refractivity (Wildman–Crippen MR) is 111 cm³/mol. The molecule has 1 aromatic rings. The van der Waals surface area contributed by atoms with Crippen molar-refractivity contribution in [2.24, 2.45) is 5.92 Å². The molecule has 1 saturated heterocycles. The van der Waals surface area contributed by atoms with Crippen LogP contribution in [0, 0.1) is 5.92 Å². The highest BCUT2D eigenvalue weighted by Gasteiger charge is 2.62. The van der Waals surface area contributed by atoms with Crippen LogP contribution < -0.4 is 4.90 Å². The molecule has 0 saturated carbocycles. The van der Waals surface area contributed by atoms with Crippen molar-refractivity contribution in [3.8, 4) is 0 Å². The van der Waals surface area contributed by atoms with Gasteiger partial charge in [-0.3, -0.25) is 19.3 Å². The molecular weight excluding hydrogens is 386 g/mol. The Labute approximate surface area is 176 Å². The number of amides is 3. The lowest BCUT2D eigenvalue weighted by Crippen LogP contribution is -2.69. The third-order valence-corrected chi connectivity index (χ3v) is 5.74. The number of para-hydroxylation sites is 1. The lowest BCUT2D eigenvalue weighted by Gasteiger charge is -2.48. The first kappa shape index (κ1) is 21.8. The molecule has 1 aromatic carbocycles. The number of carbonyl (C=O) groups is 4. The normalized spacial score (nSPS) is 20.5. The van der Waals surface area contributed by atoms with Crippen molar-refractivity contribution in [2.75, 3.05) is 25.1 Å². The topological polar surface area (TPSA) is 87.2 Å². The summed E-state index contributed by atoms with van der Waals surface area (Å²) in [6.45, 7) is 7.44. The molecule has 1 unspecified atom stereocenters. The standard InChI is InChI=1S/C22H29N3O5/c1-14(2)12-24-20(28)16-8-6-7-9-17(16)25-18(26)10-11-22(24,25)21(29)30-13-19(27)23(5)15(3)4/h6-9,14-15H,10-13H2,1-5H3. The van der Waals surface area contributed by atoms with Gasteiger partial charge in [0.05, 0.1) is 11.3 Å². The van der Waals surface area contributed by atoms with E-state index in [9.17, 15) is 19.2 Å². The Hall–Kier alpha value is -2.90. The second kappa shape index (κ2) is 8.08. The summed E-state index contributed by atoms with van der Waals surface area (Å²) in [4.78, 5) is 56.3.